The summed E-state index contributed by atoms with van der Waals surface area (Å²) < 4.78 is 22.0. The molecule has 0 aliphatic heterocycles. The van der Waals surface area contributed by atoms with Gasteiger partial charge in [0.2, 0.25) is 0 Å². The summed E-state index contributed by atoms with van der Waals surface area (Å²) in [6, 6.07) is 0. The first-order valence-electron chi connectivity index (χ1n) is 18.2. The zero-order chi connectivity index (χ0) is 31.6. The molecule has 7 nitrogen and oxygen atoms in total. The quantitative estimate of drug-likeness (QED) is 0.122. The predicted molar refractivity (Wildman–Crippen MR) is 175 cm³/mol. The number of aliphatic hydroxyl groups is 1. The maximum Gasteiger partial charge on any atom is 0.407 e. The molecule has 0 bridgehead atoms. The summed E-state index contributed by atoms with van der Waals surface area (Å²) in [5.41, 5.74) is 2.36. The van der Waals surface area contributed by atoms with Crippen molar-refractivity contribution < 1.29 is 28.8 Å². The third-order valence-electron chi connectivity index (χ3n) is 12.2. The van der Waals surface area contributed by atoms with Crippen LogP contribution < -0.4 is 5.32 Å². The lowest BCUT2D eigenvalue weighted by Crippen LogP contribution is -2.51. The molecule has 0 heterocycles. The van der Waals surface area contributed by atoms with Crippen LogP contribution in [0, 0.1) is 46.3 Å². The average Bonchev–Trinajstić information content (AvgIpc) is 3.35. The lowest BCUT2D eigenvalue weighted by molar-refractivity contribution is -0.0581. The number of alkyl carbamates (subject to hydrolysis) is 1. The second-order valence-electron chi connectivity index (χ2n) is 15.4. The summed E-state index contributed by atoms with van der Waals surface area (Å²) in [5.74, 6) is 5.07. The molecule has 0 radical (unpaired) electrons. The molecule has 0 aromatic carbocycles. The van der Waals surface area contributed by atoms with Gasteiger partial charge in [0.25, 0.3) is 0 Å². The van der Waals surface area contributed by atoms with Gasteiger partial charge in [0.05, 0.1) is 39.6 Å². The van der Waals surface area contributed by atoms with Crippen LogP contribution in [0.4, 0.5) is 4.79 Å². The van der Waals surface area contributed by atoms with E-state index in [1.807, 2.05) is 0 Å². The van der Waals surface area contributed by atoms with E-state index in [4.69, 9.17) is 24.1 Å². The van der Waals surface area contributed by atoms with E-state index < -0.39 is 0 Å². The van der Waals surface area contributed by atoms with Crippen LogP contribution in [0.3, 0.4) is 0 Å². The van der Waals surface area contributed by atoms with E-state index in [1.165, 1.54) is 51.4 Å². The number of hydrogen-bond acceptors (Lipinski definition) is 6. The van der Waals surface area contributed by atoms with Crippen LogP contribution in [0.25, 0.3) is 0 Å². The molecule has 44 heavy (non-hydrogen) atoms. The summed E-state index contributed by atoms with van der Waals surface area (Å²) >= 11 is 0. The molecule has 0 aromatic rings. The topological polar surface area (TPSA) is 86.3 Å². The third-order valence-corrected chi connectivity index (χ3v) is 12.2. The Morgan fingerprint density at radius 1 is 0.909 bits per heavy atom. The number of ether oxygens (including phenoxy) is 4. The SMILES string of the molecule is CC(C)CCC[C@@H](C)C1CCC2C3CC=C4C[C@@H](OC(=O)NCCCOCCOCCOCCO)CC[C@]4(C)C3CC[C@@]21C. The van der Waals surface area contributed by atoms with Gasteiger partial charge in [-0.1, -0.05) is 65.5 Å². The molecule has 4 aliphatic carbocycles. The zero-order valence-electron chi connectivity index (χ0n) is 28.7. The number of hydrogen-bond donors (Lipinski definition) is 2. The van der Waals surface area contributed by atoms with Gasteiger partial charge in [-0.05, 0) is 97.7 Å². The second-order valence-corrected chi connectivity index (χ2v) is 15.4. The summed E-state index contributed by atoms with van der Waals surface area (Å²) in [6.45, 7) is 16.0. The lowest BCUT2D eigenvalue weighted by atomic mass is 9.47. The van der Waals surface area contributed by atoms with Gasteiger partial charge >= 0.3 is 6.09 Å². The predicted octanol–water partition coefficient (Wildman–Crippen LogP) is 7.55. The molecule has 2 N–H and O–H groups in total. The molecule has 3 fully saturated rings. The minimum atomic E-state index is -0.299. The van der Waals surface area contributed by atoms with Gasteiger partial charge in [-0.2, -0.15) is 0 Å². The van der Waals surface area contributed by atoms with E-state index in [2.05, 4.69) is 46.0 Å². The number of aliphatic hydroxyl groups excluding tert-OH is 1. The lowest BCUT2D eigenvalue weighted by Gasteiger charge is -2.58. The molecule has 0 saturated heterocycles. The first-order valence-corrected chi connectivity index (χ1v) is 18.2. The molecule has 1 amide bonds. The van der Waals surface area contributed by atoms with Crippen molar-refractivity contribution in [2.24, 2.45) is 46.3 Å². The number of allylic oxidation sites excluding steroid dienone is 1. The summed E-state index contributed by atoms with van der Waals surface area (Å²) in [4.78, 5) is 12.6. The maximum absolute atomic E-state index is 12.6. The average molecular weight is 620 g/mol. The monoisotopic (exact) mass is 619 g/mol. The molecule has 4 aliphatic rings. The molecule has 4 rings (SSSR count). The van der Waals surface area contributed by atoms with Gasteiger partial charge in [0, 0.05) is 19.6 Å². The number of carbonyl (C=O) groups is 1. The number of rotatable bonds is 18. The number of fused-ring (bicyclic) bond motifs is 5. The normalized spacial score (nSPS) is 33.7. The van der Waals surface area contributed by atoms with Crippen LogP contribution in [0.2, 0.25) is 0 Å². The first-order chi connectivity index (χ1) is 21.2. The highest BCUT2D eigenvalue weighted by atomic mass is 16.6. The maximum atomic E-state index is 12.6. The van der Waals surface area contributed by atoms with Crippen LogP contribution in [0.1, 0.15) is 112 Å². The zero-order valence-corrected chi connectivity index (χ0v) is 28.7. The van der Waals surface area contributed by atoms with Crippen molar-refractivity contribution >= 4 is 6.09 Å². The van der Waals surface area contributed by atoms with E-state index in [1.54, 1.807) is 5.57 Å². The van der Waals surface area contributed by atoms with E-state index in [9.17, 15) is 4.79 Å². The van der Waals surface area contributed by atoms with E-state index in [0.717, 1.165) is 61.2 Å². The fourth-order valence-electron chi connectivity index (χ4n) is 9.92. The second kappa shape index (κ2) is 17.1. The molecule has 4 unspecified atom stereocenters. The van der Waals surface area contributed by atoms with Gasteiger partial charge in [-0.15, -0.1) is 0 Å². The largest absolute Gasteiger partial charge is 0.446 e. The Morgan fingerprint density at radius 2 is 1.64 bits per heavy atom. The Balaban J connectivity index is 1.17. The third kappa shape index (κ3) is 9.01. The molecular weight excluding hydrogens is 554 g/mol. The van der Waals surface area contributed by atoms with Crippen LogP contribution in [-0.4, -0.2) is 70.1 Å². The van der Waals surface area contributed by atoms with Crippen molar-refractivity contribution in [3.05, 3.63) is 11.6 Å². The molecule has 7 heteroatoms. The van der Waals surface area contributed by atoms with Gasteiger partial charge in [0.1, 0.15) is 6.10 Å². The minimum absolute atomic E-state index is 0.0166. The van der Waals surface area contributed by atoms with Gasteiger partial charge in [-0.25, -0.2) is 4.79 Å². The van der Waals surface area contributed by atoms with Crippen LogP contribution >= 0.6 is 0 Å². The fraction of sp³-hybridized carbons (Fsp3) is 0.919. The van der Waals surface area contributed by atoms with E-state index >= 15 is 0 Å². The summed E-state index contributed by atoms with van der Waals surface area (Å²) in [5, 5.41) is 11.6. The van der Waals surface area contributed by atoms with Gasteiger partial charge in [0.15, 0.2) is 0 Å². The van der Waals surface area contributed by atoms with Crippen molar-refractivity contribution in [3.8, 4) is 0 Å². The number of nitrogens with one attached hydrogen (secondary N) is 1. The van der Waals surface area contributed by atoms with Crippen molar-refractivity contribution in [2.45, 2.75) is 118 Å². The van der Waals surface area contributed by atoms with Gasteiger partial charge < -0.3 is 29.4 Å². The molecule has 8 atom stereocenters. The fourth-order valence-corrected chi connectivity index (χ4v) is 9.92. The van der Waals surface area contributed by atoms with Crippen LogP contribution in [0.15, 0.2) is 11.6 Å². The van der Waals surface area contributed by atoms with Crippen LogP contribution in [-0.2, 0) is 18.9 Å². The molecule has 254 valence electrons. The highest BCUT2D eigenvalue weighted by Gasteiger charge is 2.59. The highest BCUT2D eigenvalue weighted by Crippen LogP contribution is 2.67. The van der Waals surface area contributed by atoms with Gasteiger partial charge in [-0.3, -0.25) is 0 Å². The van der Waals surface area contributed by atoms with E-state index in [0.29, 0.717) is 51.6 Å². The van der Waals surface area contributed by atoms with Crippen molar-refractivity contribution in [3.63, 3.8) is 0 Å². The van der Waals surface area contributed by atoms with Crippen molar-refractivity contribution in [1.82, 2.24) is 5.32 Å². The molecular formula is C37H65NO6. The Hall–Kier alpha value is -1.15. The molecule has 0 aromatic heterocycles. The smallest absolute Gasteiger partial charge is 0.407 e. The van der Waals surface area contributed by atoms with E-state index in [-0.39, 0.29) is 24.2 Å². The van der Waals surface area contributed by atoms with Crippen LogP contribution in [0.5, 0.6) is 0 Å². The van der Waals surface area contributed by atoms with Crippen molar-refractivity contribution in [2.75, 3.05) is 52.8 Å². The van der Waals surface area contributed by atoms with Crippen molar-refractivity contribution in [1.29, 1.82) is 0 Å². The first kappa shape index (κ1) is 35.7. The number of carbonyl (C=O) groups excluding carboxylic acids is 1. The standard InChI is InChI=1S/C37H65NO6/c1-27(2)8-6-9-28(3)32-12-13-33-31-11-10-29-26-30(14-16-36(29,4)34(31)15-17-37(32,33)5)44-35(40)38-18-7-20-41-22-24-43-25-23-42-21-19-39/h10,27-28,30-34,39H,6-9,11-26H2,1-5H3,(H,38,40)/t28-,30+,31?,32?,33?,34?,36+,37-/m1/s1. The number of amides is 1. The Bertz CT molecular complexity index is 908. The summed E-state index contributed by atoms with van der Waals surface area (Å²) in [7, 11) is 0. The minimum Gasteiger partial charge on any atom is -0.446 e. The highest BCUT2D eigenvalue weighted by molar-refractivity contribution is 5.67. The Morgan fingerprint density at radius 3 is 2.36 bits per heavy atom. The summed E-state index contributed by atoms with van der Waals surface area (Å²) in [6.07, 6.45) is 17.1. The Labute approximate surface area is 268 Å². The molecule has 0 spiro atoms. The molecule has 3 saturated carbocycles. The Kier molecular flexibility index (Phi) is 13.9.